The number of rotatable bonds is 5. The van der Waals surface area contributed by atoms with Gasteiger partial charge in [-0.05, 0) is 43.4 Å². The molecule has 0 aliphatic carbocycles. The predicted molar refractivity (Wildman–Crippen MR) is 124 cm³/mol. The fourth-order valence-electron chi connectivity index (χ4n) is 3.86. The smallest absolute Gasteiger partial charge is 0.248 e. The van der Waals surface area contributed by atoms with Gasteiger partial charge in [0.25, 0.3) is 0 Å². The van der Waals surface area contributed by atoms with Crippen LogP contribution in [0.15, 0.2) is 61.1 Å². The van der Waals surface area contributed by atoms with Crippen molar-refractivity contribution in [2.75, 3.05) is 43.4 Å². The van der Waals surface area contributed by atoms with E-state index in [4.69, 9.17) is 5.73 Å². The van der Waals surface area contributed by atoms with E-state index in [1.165, 1.54) is 12.0 Å². The van der Waals surface area contributed by atoms with E-state index in [9.17, 15) is 4.79 Å². The quantitative estimate of drug-likeness (QED) is 0.503. The Kier molecular flexibility index (Phi) is 5.16. The van der Waals surface area contributed by atoms with Gasteiger partial charge in [-0.15, -0.1) is 0 Å². The topological polar surface area (TPSA) is 105 Å². The number of hydrogen-bond donors (Lipinski definition) is 2. The Morgan fingerprint density at radius 1 is 0.969 bits per heavy atom. The molecule has 9 heteroatoms. The Morgan fingerprint density at radius 2 is 1.69 bits per heavy atom. The van der Waals surface area contributed by atoms with Crippen molar-refractivity contribution in [3.63, 3.8) is 0 Å². The Balaban J connectivity index is 1.38. The van der Waals surface area contributed by atoms with Crippen molar-refractivity contribution in [3.8, 4) is 11.3 Å². The number of anilines is 3. The summed E-state index contributed by atoms with van der Waals surface area (Å²) in [5.74, 6) is 0.158. The monoisotopic (exact) mass is 428 g/mol. The highest BCUT2D eigenvalue weighted by Gasteiger charge is 2.15. The lowest BCUT2D eigenvalue weighted by atomic mass is 10.1. The number of piperazine rings is 1. The van der Waals surface area contributed by atoms with E-state index in [2.05, 4.69) is 61.5 Å². The second-order valence-electron chi connectivity index (χ2n) is 7.89. The summed E-state index contributed by atoms with van der Waals surface area (Å²) in [4.78, 5) is 25.0. The van der Waals surface area contributed by atoms with Crippen LogP contribution in [0.5, 0.6) is 0 Å². The van der Waals surface area contributed by atoms with Crippen LogP contribution in [0.4, 0.5) is 17.2 Å². The molecule has 0 radical (unpaired) electrons. The predicted octanol–water partition coefficient (Wildman–Crippen LogP) is 2.39. The summed E-state index contributed by atoms with van der Waals surface area (Å²) >= 11 is 0. The minimum atomic E-state index is -0.459. The van der Waals surface area contributed by atoms with E-state index >= 15 is 0 Å². The van der Waals surface area contributed by atoms with Gasteiger partial charge in [-0.1, -0.05) is 12.1 Å². The van der Waals surface area contributed by atoms with Gasteiger partial charge in [0.2, 0.25) is 5.91 Å². The first-order valence-electron chi connectivity index (χ1n) is 10.5. The number of benzene rings is 2. The molecule has 0 saturated carbocycles. The zero-order valence-corrected chi connectivity index (χ0v) is 17.8. The number of hydrogen-bond acceptors (Lipinski definition) is 7. The highest BCUT2D eigenvalue weighted by molar-refractivity contribution is 5.93. The number of primary amides is 1. The zero-order chi connectivity index (χ0) is 22.1. The number of nitrogens with two attached hydrogens (primary N) is 1. The van der Waals surface area contributed by atoms with Gasteiger partial charge in [0.15, 0.2) is 11.5 Å². The minimum Gasteiger partial charge on any atom is -0.369 e. The maximum Gasteiger partial charge on any atom is 0.248 e. The van der Waals surface area contributed by atoms with Crippen molar-refractivity contribution >= 4 is 28.7 Å². The molecule has 0 spiro atoms. The number of fused-ring (bicyclic) bond motifs is 1. The van der Waals surface area contributed by atoms with Crippen molar-refractivity contribution < 1.29 is 4.79 Å². The van der Waals surface area contributed by atoms with Gasteiger partial charge in [0, 0.05) is 48.7 Å². The molecule has 5 rings (SSSR count). The molecule has 3 N–H and O–H groups in total. The van der Waals surface area contributed by atoms with E-state index < -0.39 is 5.91 Å². The van der Waals surface area contributed by atoms with E-state index in [1.807, 2.05) is 12.1 Å². The molecule has 1 saturated heterocycles. The van der Waals surface area contributed by atoms with Crippen LogP contribution >= 0.6 is 0 Å². The molecule has 3 heterocycles. The summed E-state index contributed by atoms with van der Waals surface area (Å²) in [6.45, 7) is 4.22. The van der Waals surface area contributed by atoms with Gasteiger partial charge in [0.1, 0.15) is 6.33 Å². The Bertz CT molecular complexity index is 1240. The first-order valence-corrected chi connectivity index (χ1v) is 10.5. The number of carbonyl (C=O) groups excluding carboxylic acids is 1. The first kappa shape index (κ1) is 20.0. The summed E-state index contributed by atoms with van der Waals surface area (Å²) in [5.41, 5.74) is 10.2. The molecule has 1 amide bonds. The summed E-state index contributed by atoms with van der Waals surface area (Å²) in [6, 6.07) is 15.4. The van der Waals surface area contributed by atoms with Gasteiger partial charge in [-0.3, -0.25) is 4.79 Å². The Morgan fingerprint density at radius 3 is 2.38 bits per heavy atom. The van der Waals surface area contributed by atoms with Gasteiger partial charge in [0.05, 0.1) is 11.9 Å². The van der Waals surface area contributed by atoms with E-state index in [0.717, 1.165) is 43.1 Å². The van der Waals surface area contributed by atoms with Crippen molar-refractivity contribution in [2.45, 2.75) is 0 Å². The molecule has 32 heavy (non-hydrogen) atoms. The SMILES string of the molecule is CN1CCN(c2ccc(Nc3ncc(-c4ccc(C(N)=O)cc4)n4ncnc34)cc2)CC1. The standard InChI is InChI=1S/C23H24N8O/c1-29-10-12-30(13-11-29)19-8-6-18(7-9-19)28-22-23-26-15-27-31(23)20(14-25-22)16-2-4-17(5-3-16)21(24)32/h2-9,14-15H,10-13H2,1H3,(H2,24,32)(H,25,28). The molecule has 1 fully saturated rings. The molecular weight excluding hydrogens is 404 g/mol. The molecule has 0 bridgehead atoms. The molecule has 9 nitrogen and oxygen atoms in total. The summed E-state index contributed by atoms with van der Waals surface area (Å²) in [6.07, 6.45) is 3.24. The van der Waals surface area contributed by atoms with Crippen molar-refractivity contribution in [3.05, 3.63) is 66.6 Å². The second kappa shape index (κ2) is 8.27. The highest BCUT2D eigenvalue weighted by Crippen LogP contribution is 2.26. The van der Waals surface area contributed by atoms with Gasteiger partial charge < -0.3 is 20.9 Å². The van der Waals surface area contributed by atoms with Gasteiger partial charge in [-0.2, -0.15) is 5.10 Å². The number of amides is 1. The van der Waals surface area contributed by atoms with Crippen LogP contribution in [0, 0.1) is 0 Å². The van der Waals surface area contributed by atoms with E-state index in [-0.39, 0.29) is 0 Å². The van der Waals surface area contributed by atoms with Crippen LogP contribution in [-0.4, -0.2) is 63.6 Å². The lowest BCUT2D eigenvalue weighted by Gasteiger charge is -2.34. The molecule has 4 aromatic rings. The average Bonchev–Trinajstić information content (AvgIpc) is 3.31. The third-order valence-corrected chi connectivity index (χ3v) is 5.77. The number of aromatic nitrogens is 4. The van der Waals surface area contributed by atoms with E-state index in [1.54, 1.807) is 22.8 Å². The largest absolute Gasteiger partial charge is 0.369 e. The fourth-order valence-corrected chi connectivity index (χ4v) is 3.86. The maximum atomic E-state index is 11.3. The summed E-state index contributed by atoms with van der Waals surface area (Å²) in [5, 5.41) is 7.71. The third-order valence-electron chi connectivity index (χ3n) is 5.77. The Labute approximate surface area is 185 Å². The summed E-state index contributed by atoms with van der Waals surface area (Å²) in [7, 11) is 2.16. The van der Waals surface area contributed by atoms with Crippen LogP contribution in [0.1, 0.15) is 10.4 Å². The average molecular weight is 429 g/mol. The molecule has 1 aliphatic heterocycles. The van der Waals surface area contributed by atoms with Crippen LogP contribution in [0.2, 0.25) is 0 Å². The van der Waals surface area contributed by atoms with Crippen molar-refractivity contribution in [1.29, 1.82) is 0 Å². The van der Waals surface area contributed by atoms with Crippen molar-refractivity contribution in [2.24, 2.45) is 5.73 Å². The molecular formula is C23H24N8O. The van der Waals surface area contributed by atoms with Gasteiger partial charge in [-0.25, -0.2) is 14.5 Å². The fraction of sp³-hybridized carbons (Fsp3) is 0.217. The van der Waals surface area contributed by atoms with Crippen LogP contribution in [0.3, 0.4) is 0 Å². The minimum absolute atomic E-state index is 0.454. The maximum absolute atomic E-state index is 11.3. The molecule has 1 aliphatic rings. The molecule has 0 unspecified atom stereocenters. The first-order chi connectivity index (χ1) is 15.6. The number of nitrogens with zero attached hydrogens (tertiary/aromatic N) is 6. The lowest BCUT2D eigenvalue weighted by molar-refractivity contribution is 0.100. The third kappa shape index (κ3) is 3.85. The second-order valence-corrected chi connectivity index (χ2v) is 7.89. The molecule has 0 atom stereocenters. The number of nitrogens with one attached hydrogen (secondary N) is 1. The molecule has 2 aromatic carbocycles. The van der Waals surface area contributed by atoms with Crippen LogP contribution < -0.4 is 16.0 Å². The molecule has 2 aromatic heterocycles. The Hall–Kier alpha value is -3.98. The van der Waals surface area contributed by atoms with E-state index in [0.29, 0.717) is 17.0 Å². The van der Waals surface area contributed by atoms with Crippen molar-refractivity contribution in [1.82, 2.24) is 24.5 Å². The normalized spacial score (nSPS) is 14.6. The number of carbonyl (C=O) groups is 1. The molecule has 162 valence electrons. The summed E-state index contributed by atoms with van der Waals surface area (Å²) < 4.78 is 1.73. The van der Waals surface area contributed by atoms with Gasteiger partial charge >= 0.3 is 0 Å². The van der Waals surface area contributed by atoms with Crippen LogP contribution in [0.25, 0.3) is 16.9 Å². The number of likely N-dealkylation sites (N-methyl/N-ethyl adjacent to an activating group) is 1. The highest BCUT2D eigenvalue weighted by atomic mass is 16.1. The lowest BCUT2D eigenvalue weighted by Crippen LogP contribution is -2.44. The van der Waals surface area contributed by atoms with Crippen LogP contribution in [-0.2, 0) is 0 Å². The zero-order valence-electron chi connectivity index (χ0n) is 17.8.